The number of carbonyl (C=O) groups excluding carboxylic acids is 1. The van der Waals surface area contributed by atoms with Crippen LogP contribution in [0.15, 0.2) is 47.6 Å². The first-order valence-corrected chi connectivity index (χ1v) is 7.04. The molecule has 0 radical (unpaired) electrons. The molecule has 2 aromatic carbocycles. The van der Waals surface area contributed by atoms with E-state index < -0.39 is 23.6 Å². The van der Waals surface area contributed by atoms with Gasteiger partial charge in [-0.15, -0.1) is 0 Å². The molecule has 0 aromatic heterocycles. The molecule has 23 heavy (non-hydrogen) atoms. The number of halogens is 3. The monoisotopic (exact) mass is 338 g/mol. The van der Waals surface area contributed by atoms with Gasteiger partial charge in [-0.25, -0.2) is 8.78 Å². The van der Waals surface area contributed by atoms with E-state index in [1.807, 2.05) is 0 Å². The highest BCUT2D eigenvalue weighted by Crippen LogP contribution is 2.22. The molecule has 0 heterocycles. The summed E-state index contributed by atoms with van der Waals surface area (Å²) in [4.78, 5) is 16.9. The Balaban J connectivity index is 1.92. The Morgan fingerprint density at radius 1 is 1.26 bits per heavy atom. The predicted octanol–water partition coefficient (Wildman–Crippen LogP) is 4.00. The van der Waals surface area contributed by atoms with Crippen molar-refractivity contribution >= 4 is 29.4 Å². The van der Waals surface area contributed by atoms with E-state index in [1.165, 1.54) is 43.5 Å². The summed E-state index contributed by atoms with van der Waals surface area (Å²) in [6, 6.07) is 9.36. The van der Waals surface area contributed by atoms with Gasteiger partial charge in [-0.1, -0.05) is 28.9 Å². The Hall–Kier alpha value is -2.47. The zero-order valence-electron chi connectivity index (χ0n) is 12.1. The zero-order chi connectivity index (χ0) is 16.8. The van der Waals surface area contributed by atoms with E-state index in [-0.39, 0.29) is 10.7 Å². The van der Waals surface area contributed by atoms with Gasteiger partial charge in [0.15, 0.2) is 0 Å². The number of hydrogen-bond acceptors (Lipinski definition) is 3. The molecule has 2 aromatic rings. The number of nitrogens with zero attached hydrogens (tertiary/aromatic N) is 1. The van der Waals surface area contributed by atoms with Crippen LogP contribution in [-0.2, 0) is 9.63 Å². The topological polar surface area (TPSA) is 50.7 Å². The molecule has 7 heteroatoms. The third kappa shape index (κ3) is 5.03. The number of nitrogens with one attached hydrogen (secondary N) is 1. The highest BCUT2D eigenvalue weighted by Gasteiger charge is 2.15. The summed E-state index contributed by atoms with van der Waals surface area (Å²) in [5, 5.41) is 6.21. The first-order chi connectivity index (χ1) is 11.0. The lowest BCUT2D eigenvalue weighted by Gasteiger charge is -2.11. The van der Waals surface area contributed by atoms with Gasteiger partial charge in [-0.2, -0.15) is 0 Å². The van der Waals surface area contributed by atoms with Gasteiger partial charge < -0.3 is 10.2 Å². The third-order valence-corrected chi connectivity index (χ3v) is 3.14. The maximum absolute atomic E-state index is 13.0. The van der Waals surface area contributed by atoms with Gasteiger partial charge in [0, 0.05) is 0 Å². The summed E-state index contributed by atoms with van der Waals surface area (Å²) in [5.41, 5.74) is 0.766. The number of amides is 1. The van der Waals surface area contributed by atoms with Crippen LogP contribution >= 0.6 is 11.6 Å². The normalized spacial score (nSPS) is 12.2. The van der Waals surface area contributed by atoms with Crippen LogP contribution in [0.5, 0.6) is 0 Å². The molecule has 0 saturated carbocycles. The standard InChI is InChI=1S/C16H13ClF2N2O2/c1-10(23-20-9-11-3-2-4-12(18)7-11)16(22)21-15-6-5-13(19)8-14(15)17/h2-10H,1H3,(H,21,22)/b20-9-/t10-/m1/s1. The number of rotatable bonds is 5. The number of benzene rings is 2. The minimum absolute atomic E-state index is 0.0776. The van der Waals surface area contributed by atoms with Crippen LogP contribution in [0.3, 0.4) is 0 Å². The van der Waals surface area contributed by atoms with E-state index in [1.54, 1.807) is 6.07 Å². The first-order valence-electron chi connectivity index (χ1n) is 6.66. The van der Waals surface area contributed by atoms with Crippen LogP contribution < -0.4 is 5.32 Å². The van der Waals surface area contributed by atoms with E-state index in [9.17, 15) is 13.6 Å². The largest absolute Gasteiger partial charge is 0.383 e. The Bertz CT molecular complexity index is 738. The van der Waals surface area contributed by atoms with Crippen molar-refractivity contribution in [2.75, 3.05) is 5.32 Å². The minimum atomic E-state index is -0.916. The summed E-state index contributed by atoms with van der Waals surface area (Å²) in [6.45, 7) is 1.48. The Morgan fingerprint density at radius 3 is 2.70 bits per heavy atom. The van der Waals surface area contributed by atoms with Crippen molar-refractivity contribution in [3.05, 3.63) is 64.7 Å². The van der Waals surface area contributed by atoms with Gasteiger partial charge in [0.1, 0.15) is 11.6 Å². The van der Waals surface area contributed by atoms with Crippen LogP contribution in [-0.4, -0.2) is 18.2 Å². The van der Waals surface area contributed by atoms with Crippen LogP contribution in [0.1, 0.15) is 12.5 Å². The fraction of sp³-hybridized carbons (Fsp3) is 0.125. The molecule has 0 aliphatic carbocycles. The van der Waals surface area contributed by atoms with Gasteiger partial charge in [-0.3, -0.25) is 4.79 Å². The molecule has 0 bridgehead atoms. The van der Waals surface area contributed by atoms with Crippen molar-refractivity contribution in [3.8, 4) is 0 Å². The SMILES string of the molecule is C[C@@H](O/N=C\c1cccc(F)c1)C(=O)Nc1ccc(F)cc1Cl. The van der Waals surface area contributed by atoms with Gasteiger partial charge in [0.2, 0.25) is 6.10 Å². The fourth-order valence-electron chi connectivity index (χ4n) is 1.64. The summed E-state index contributed by atoms with van der Waals surface area (Å²) in [5.74, 6) is -1.41. The zero-order valence-corrected chi connectivity index (χ0v) is 12.8. The Kier molecular flexibility index (Phi) is 5.65. The maximum Gasteiger partial charge on any atom is 0.268 e. The quantitative estimate of drug-likeness (QED) is 0.662. The molecule has 0 fully saturated rings. The molecular formula is C16H13ClF2N2O2. The Morgan fingerprint density at radius 2 is 2.00 bits per heavy atom. The average molecular weight is 339 g/mol. The molecule has 0 spiro atoms. The van der Waals surface area contributed by atoms with Crippen LogP contribution in [0.25, 0.3) is 0 Å². The van der Waals surface area contributed by atoms with Crippen molar-refractivity contribution in [3.63, 3.8) is 0 Å². The van der Waals surface area contributed by atoms with Crippen molar-refractivity contribution in [1.82, 2.24) is 0 Å². The molecular weight excluding hydrogens is 326 g/mol. The lowest BCUT2D eigenvalue weighted by atomic mass is 10.2. The van der Waals surface area contributed by atoms with Crippen molar-refractivity contribution in [2.24, 2.45) is 5.16 Å². The van der Waals surface area contributed by atoms with Crippen LogP contribution in [0.4, 0.5) is 14.5 Å². The second-order valence-electron chi connectivity index (χ2n) is 4.65. The fourth-order valence-corrected chi connectivity index (χ4v) is 1.86. The lowest BCUT2D eigenvalue weighted by Crippen LogP contribution is -2.26. The molecule has 1 amide bonds. The van der Waals surface area contributed by atoms with Crippen molar-refractivity contribution in [2.45, 2.75) is 13.0 Å². The smallest absolute Gasteiger partial charge is 0.268 e. The van der Waals surface area contributed by atoms with E-state index in [0.29, 0.717) is 5.56 Å². The van der Waals surface area contributed by atoms with Gasteiger partial charge >= 0.3 is 0 Å². The third-order valence-electron chi connectivity index (χ3n) is 2.83. The second kappa shape index (κ2) is 7.69. The highest BCUT2D eigenvalue weighted by molar-refractivity contribution is 6.33. The van der Waals surface area contributed by atoms with Gasteiger partial charge in [-0.05, 0) is 42.8 Å². The minimum Gasteiger partial charge on any atom is -0.383 e. The van der Waals surface area contributed by atoms with Crippen molar-refractivity contribution in [1.29, 1.82) is 0 Å². The van der Waals surface area contributed by atoms with Gasteiger partial charge in [0.05, 0.1) is 16.9 Å². The Labute approximate surface area is 136 Å². The first kappa shape index (κ1) is 16.9. The van der Waals surface area contributed by atoms with E-state index in [4.69, 9.17) is 16.4 Å². The van der Waals surface area contributed by atoms with Crippen molar-refractivity contribution < 1.29 is 18.4 Å². The van der Waals surface area contributed by atoms with Crippen LogP contribution in [0.2, 0.25) is 5.02 Å². The van der Waals surface area contributed by atoms with Crippen LogP contribution in [0, 0.1) is 11.6 Å². The molecule has 1 N–H and O–H groups in total. The average Bonchev–Trinajstić information content (AvgIpc) is 2.50. The number of oxime groups is 1. The lowest BCUT2D eigenvalue weighted by molar-refractivity contribution is -0.126. The summed E-state index contributed by atoms with van der Waals surface area (Å²) >= 11 is 5.82. The van der Waals surface area contributed by atoms with Gasteiger partial charge in [0.25, 0.3) is 5.91 Å². The predicted molar refractivity (Wildman–Crippen MR) is 84.6 cm³/mol. The number of anilines is 1. The molecule has 2 rings (SSSR count). The molecule has 1 atom stereocenters. The number of hydrogen-bond donors (Lipinski definition) is 1. The molecule has 0 unspecified atom stereocenters. The summed E-state index contributed by atoms with van der Waals surface area (Å²) in [6.07, 6.45) is 0.374. The van der Waals surface area contributed by atoms with E-state index in [0.717, 1.165) is 6.07 Å². The molecule has 0 saturated heterocycles. The summed E-state index contributed by atoms with van der Waals surface area (Å²) in [7, 11) is 0. The molecule has 120 valence electrons. The maximum atomic E-state index is 13.0. The summed E-state index contributed by atoms with van der Waals surface area (Å²) < 4.78 is 25.9. The number of carbonyl (C=O) groups is 1. The highest BCUT2D eigenvalue weighted by atomic mass is 35.5. The van der Waals surface area contributed by atoms with E-state index >= 15 is 0 Å². The molecule has 0 aliphatic rings. The second-order valence-corrected chi connectivity index (χ2v) is 5.06. The molecule has 0 aliphatic heterocycles. The van der Waals surface area contributed by atoms with E-state index in [2.05, 4.69) is 10.5 Å². The molecule has 4 nitrogen and oxygen atoms in total.